The van der Waals surface area contributed by atoms with Crippen LogP contribution in [0.25, 0.3) is 5.69 Å². The number of para-hydroxylation sites is 1. The largest absolute Gasteiger partial charge is 0.272 e. The van der Waals surface area contributed by atoms with Crippen molar-refractivity contribution in [1.29, 1.82) is 0 Å². The topological polar surface area (TPSA) is 33.6 Å². The Labute approximate surface area is 105 Å². The van der Waals surface area contributed by atoms with Crippen LogP contribution in [0.5, 0.6) is 0 Å². The fourth-order valence-corrected chi connectivity index (χ4v) is 2.49. The summed E-state index contributed by atoms with van der Waals surface area (Å²) in [6.07, 6.45) is 2.63. The van der Waals surface area contributed by atoms with E-state index in [1.165, 1.54) is 12.8 Å². The first-order chi connectivity index (χ1) is 8.27. The van der Waals surface area contributed by atoms with Gasteiger partial charge in [0, 0.05) is 11.6 Å². The number of nitrogens with zero attached hydrogens (tertiary/aromatic N) is 2. The predicted octanol–water partition coefficient (Wildman–Crippen LogP) is 3.44. The molecule has 2 aromatic rings. The van der Waals surface area contributed by atoms with Crippen molar-refractivity contribution in [2.45, 2.75) is 25.7 Å². The van der Waals surface area contributed by atoms with Crippen LogP contribution in [0.1, 0.15) is 31.5 Å². The molecule has 0 radical (unpaired) electrons. The summed E-state index contributed by atoms with van der Waals surface area (Å²) in [6.45, 7) is 2.24. The average Bonchev–Trinajstić information content (AvgIpc) is 3.13. The Hall–Kier alpha value is -1.42. The fourth-order valence-electron chi connectivity index (χ4n) is 2.25. The van der Waals surface area contributed by atoms with Crippen molar-refractivity contribution in [2.24, 2.45) is 5.92 Å². The number of hydrogen-bond acceptors (Lipinski definition) is 2. The molecule has 1 aliphatic carbocycles. The van der Waals surface area contributed by atoms with Gasteiger partial charge >= 0.3 is 0 Å². The molecule has 1 aromatic carbocycles. The molecule has 0 spiro atoms. The first-order valence-corrected chi connectivity index (χ1v) is 6.41. The van der Waals surface area contributed by atoms with Crippen molar-refractivity contribution in [3.05, 3.63) is 40.9 Å². The normalized spacial score (nSPS) is 17.0. The summed E-state index contributed by atoms with van der Waals surface area (Å²) >= 11 is 5.33. The monoisotopic (exact) mass is 245 g/mol. The van der Waals surface area contributed by atoms with Gasteiger partial charge in [0.1, 0.15) is 5.82 Å². The molecular formula is C13H15N3S. The van der Waals surface area contributed by atoms with Gasteiger partial charge in [-0.05, 0) is 43.1 Å². The molecule has 3 rings (SSSR count). The van der Waals surface area contributed by atoms with Crippen molar-refractivity contribution < 1.29 is 0 Å². The SMILES string of the molecule is CC(c1n[nH]c(=S)n1-c1ccccc1)C1CC1. The van der Waals surface area contributed by atoms with Crippen molar-refractivity contribution in [3.63, 3.8) is 0 Å². The molecule has 1 heterocycles. The number of hydrogen-bond donors (Lipinski definition) is 1. The van der Waals surface area contributed by atoms with Crippen LogP contribution >= 0.6 is 12.2 Å². The molecule has 3 nitrogen and oxygen atoms in total. The van der Waals surface area contributed by atoms with Crippen molar-refractivity contribution >= 4 is 12.2 Å². The van der Waals surface area contributed by atoms with E-state index >= 15 is 0 Å². The van der Waals surface area contributed by atoms with E-state index in [0.29, 0.717) is 10.7 Å². The third kappa shape index (κ3) is 1.93. The van der Waals surface area contributed by atoms with E-state index in [1.807, 2.05) is 18.2 Å². The van der Waals surface area contributed by atoms with Gasteiger partial charge in [-0.1, -0.05) is 25.1 Å². The second-order valence-electron chi connectivity index (χ2n) is 4.68. The molecule has 1 N–H and O–H groups in total. The number of H-pyrrole nitrogens is 1. The van der Waals surface area contributed by atoms with Gasteiger partial charge in [-0.15, -0.1) is 0 Å². The molecule has 0 bridgehead atoms. The lowest BCUT2D eigenvalue weighted by Gasteiger charge is -2.11. The maximum absolute atomic E-state index is 5.33. The molecule has 88 valence electrons. The average molecular weight is 245 g/mol. The number of aromatic amines is 1. The minimum absolute atomic E-state index is 0.475. The summed E-state index contributed by atoms with van der Waals surface area (Å²) in [5.41, 5.74) is 1.09. The van der Waals surface area contributed by atoms with Gasteiger partial charge in [0.2, 0.25) is 0 Å². The lowest BCUT2D eigenvalue weighted by molar-refractivity contribution is 0.607. The van der Waals surface area contributed by atoms with Crippen LogP contribution in [-0.2, 0) is 0 Å². The zero-order valence-electron chi connectivity index (χ0n) is 9.76. The second-order valence-corrected chi connectivity index (χ2v) is 5.07. The van der Waals surface area contributed by atoms with Gasteiger partial charge in [-0.2, -0.15) is 5.10 Å². The van der Waals surface area contributed by atoms with Crippen LogP contribution in [0, 0.1) is 10.7 Å². The zero-order chi connectivity index (χ0) is 11.8. The van der Waals surface area contributed by atoms with Crippen LogP contribution in [0.2, 0.25) is 0 Å². The van der Waals surface area contributed by atoms with Crippen LogP contribution in [0.15, 0.2) is 30.3 Å². The van der Waals surface area contributed by atoms with Gasteiger partial charge in [-0.25, -0.2) is 0 Å². The lowest BCUT2D eigenvalue weighted by Crippen LogP contribution is -2.06. The Kier molecular flexibility index (Phi) is 2.59. The number of benzene rings is 1. The Morgan fingerprint density at radius 1 is 1.35 bits per heavy atom. The van der Waals surface area contributed by atoms with Gasteiger partial charge < -0.3 is 0 Å². The number of nitrogens with one attached hydrogen (secondary N) is 1. The van der Waals surface area contributed by atoms with Gasteiger partial charge in [-0.3, -0.25) is 9.67 Å². The molecule has 1 saturated carbocycles. The summed E-state index contributed by atoms with van der Waals surface area (Å²) in [6, 6.07) is 10.2. The molecule has 1 fully saturated rings. The summed E-state index contributed by atoms with van der Waals surface area (Å²) in [5.74, 6) is 2.31. The van der Waals surface area contributed by atoms with Crippen LogP contribution in [0.3, 0.4) is 0 Å². The Balaban J connectivity index is 2.09. The molecule has 1 aromatic heterocycles. The summed E-state index contributed by atoms with van der Waals surface area (Å²) < 4.78 is 2.73. The smallest absolute Gasteiger partial charge is 0.199 e. The van der Waals surface area contributed by atoms with Crippen LogP contribution in [0.4, 0.5) is 0 Å². The van der Waals surface area contributed by atoms with Crippen LogP contribution < -0.4 is 0 Å². The van der Waals surface area contributed by atoms with E-state index in [2.05, 4.69) is 33.8 Å². The highest BCUT2D eigenvalue weighted by Gasteiger charge is 2.32. The third-order valence-electron chi connectivity index (χ3n) is 3.45. The van der Waals surface area contributed by atoms with Gasteiger partial charge in [0.25, 0.3) is 0 Å². The predicted molar refractivity (Wildman–Crippen MR) is 69.9 cm³/mol. The Morgan fingerprint density at radius 3 is 2.71 bits per heavy atom. The minimum atomic E-state index is 0.475. The van der Waals surface area contributed by atoms with E-state index in [1.54, 1.807) is 0 Å². The first kappa shape index (κ1) is 10.7. The molecular weight excluding hydrogens is 230 g/mol. The Bertz CT molecular complexity index is 566. The van der Waals surface area contributed by atoms with Crippen molar-refractivity contribution in [1.82, 2.24) is 14.8 Å². The maximum atomic E-state index is 5.33. The highest BCUT2D eigenvalue weighted by atomic mass is 32.1. The standard InChI is InChI=1S/C13H15N3S/c1-9(10-7-8-10)12-14-15-13(17)16(12)11-5-3-2-4-6-11/h2-6,9-10H,7-8H2,1H3,(H,15,17). The summed E-state index contributed by atoms with van der Waals surface area (Å²) in [5, 5.41) is 7.31. The molecule has 0 saturated heterocycles. The van der Waals surface area contributed by atoms with E-state index in [4.69, 9.17) is 12.2 Å². The van der Waals surface area contributed by atoms with E-state index in [-0.39, 0.29) is 0 Å². The number of aromatic nitrogens is 3. The van der Waals surface area contributed by atoms with E-state index in [0.717, 1.165) is 17.4 Å². The number of rotatable bonds is 3. The highest BCUT2D eigenvalue weighted by Crippen LogP contribution is 2.41. The first-order valence-electron chi connectivity index (χ1n) is 6.00. The van der Waals surface area contributed by atoms with E-state index < -0.39 is 0 Å². The van der Waals surface area contributed by atoms with E-state index in [9.17, 15) is 0 Å². The molecule has 4 heteroatoms. The Morgan fingerprint density at radius 2 is 2.06 bits per heavy atom. The van der Waals surface area contributed by atoms with Gasteiger partial charge in [0.05, 0.1) is 0 Å². The van der Waals surface area contributed by atoms with Crippen molar-refractivity contribution in [3.8, 4) is 5.69 Å². The lowest BCUT2D eigenvalue weighted by atomic mass is 10.1. The molecule has 1 unspecified atom stereocenters. The summed E-state index contributed by atoms with van der Waals surface area (Å²) in [4.78, 5) is 0. The molecule has 17 heavy (non-hydrogen) atoms. The molecule has 1 atom stereocenters. The summed E-state index contributed by atoms with van der Waals surface area (Å²) in [7, 11) is 0. The zero-order valence-corrected chi connectivity index (χ0v) is 10.6. The highest BCUT2D eigenvalue weighted by molar-refractivity contribution is 7.71. The maximum Gasteiger partial charge on any atom is 0.199 e. The fraction of sp³-hybridized carbons (Fsp3) is 0.385. The van der Waals surface area contributed by atoms with Crippen LogP contribution in [-0.4, -0.2) is 14.8 Å². The van der Waals surface area contributed by atoms with Gasteiger partial charge in [0.15, 0.2) is 4.77 Å². The third-order valence-corrected chi connectivity index (χ3v) is 3.72. The van der Waals surface area contributed by atoms with Crippen molar-refractivity contribution in [2.75, 3.05) is 0 Å². The minimum Gasteiger partial charge on any atom is -0.272 e. The quantitative estimate of drug-likeness (QED) is 0.840. The molecule has 0 amide bonds. The molecule has 1 aliphatic rings. The second kappa shape index (κ2) is 4.11. The molecule has 0 aliphatic heterocycles.